The van der Waals surface area contributed by atoms with Gasteiger partial charge in [-0.15, -0.1) is 0 Å². The van der Waals surface area contributed by atoms with Gasteiger partial charge in [0.15, 0.2) is 11.5 Å². The molecule has 0 fully saturated rings. The Hall–Kier alpha value is -2.87. The first kappa shape index (κ1) is 14.1. The van der Waals surface area contributed by atoms with E-state index in [1.165, 1.54) is 24.5 Å². The van der Waals surface area contributed by atoms with Crippen molar-refractivity contribution in [1.29, 1.82) is 0 Å². The van der Waals surface area contributed by atoms with E-state index >= 15 is 0 Å². The van der Waals surface area contributed by atoms with Gasteiger partial charge in [0.1, 0.15) is 0 Å². The van der Waals surface area contributed by atoms with Crippen molar-refractivity contribution < 1.29 is 14.4 Å². The van der Waals surface area contributed by atoms with Crippen LogP contribution in [0.5, 0.6) is 11.5 Å². The molecule has 112 valence electrons. The third-order valence-electron chi connectivity index (χ3n) is 2.85. The molecule has 8 nitrogen and oxygen atoms in total. The smallest absolute Gasteiger partial charge is 0.313 e. The number of anilines is 1. The minimum atomic E-state index is -0.543. The van der Waals surface area contributed by atoms with Gasteiger partial charge in [0.2, 0.25) is 12.6 Å². The van der Waals surface area contributed by atoms with Crippen molar-refractivity contribution in [2.75, 3.05) is 12.2 Å². The van der Waals surface area contributed by atoms with Gasteiger partial charge >= 0.3 is 5.69 Å². The van der Waals surface area contributed by atoms with Crippen LogP contribution in [0.4, 0.5) is 11.5 Å². The Morgan fingerprint density at radius 2 is 2.18 bits per heavy atom. The second-order valence-electron chi connectivity index (χ2n) is 4.23. The Kier molecular flexibility index (Phi) is 3.75. The molecule has 1 N–H and O–H groups in total. The summed E-state index contributed by atoms with van der Waals surface area (Å²) in [7, 11) is 0. The van der Waals surface area contributed by atoms with E-state index in [2.05, 4.69) is 15.5 Å². The van der Waals surface area contributed by atoms with E-state index in [0.29, 0.717) is 22.1 Å². The fourth-order valence-corrected chi connectivity index (χ4v) is 2.03. The molecule has 22 heavy (non-hydrogen) atoms. The van der Waals surface area contributed by atoms with Gasteiger partial charge < -0.3 is 9.47 Å². The molecule has 0 saturated heterocycles. The van der Waals surface area contributed by atoms with Crippen LogP contribution < -0.4 is 14.9 Å². The van der Waals surface area contributed by atoms with Crippen LogP contribution in [0.25, 0.3) is 0 Å². The number of halogens is 1. The van der Waals surface area contributed by atoms with Crippen LogP contribution >= 0.6 is 11.6 Å². The number of hydrogen-bond donors (Lipinski definition) is 1. The minimum absolute atomic E-state index is 0.0422. The van der Waals surface area contributed by atoms with Crippen LogP contribution in [0.1, 0.15) is 5.56 Å². The largest absolute Gasteiger partial charge is 0.454 e. The molecule has 1 aliphatic rings. The van der Waals surface area contributed by atoms with Crippen molar-refractivity contribution >= 4 is 29.3 Å². The zero-order valence-electron chi connectivity index (χ0n) is 11.0. The molecular formula is C13H9ClN4O4. The van der Waals surface area contributed by atoms with Crippen LogP contribution in [-0.4, -0.2) is 22.9 Å². The summed E-state index contributed by atoms with van der Waals surface area (Å²) in [6.07, 6.45) is 2.85. The molecule has 0 aliphatic carbocycles. The van der Waals surface area contributed by atoms with Crippen molar-refractivity contribution in [3.8, 4) is 11.5 Å². The van der Waals surface area contributed by atoms with Crippen molar-refractivity contribution in [3.63, 3.8) is 0 Å². The lowest BCUT2D eigenvalue weighted by molar-refractivity contribution is -0.384. The zero-order valence-corrected chi connectivity index (χ0v) is 11.8. The molecule has 2 aromatic rings. The highest BCUT2D eigenvalue weighted by Crippen LogP contribution is 2.36. The fraction of sp³-hybridized carbons (Fsp3) is 0.0769. The van der Waals surface area contributed by atoms with Gasteiger partial charge in [-0.2, -0.15) is 5.10 Å². The summed E-state index contributed by atoms with van der Waals surface area (Å²) in [5.41, 5.74) is 2.93. The number of nitrogens with one attached hydrogen (secondary N) is 1. The average molecular weight is 321 g/mol. The Labute approximate surface area is 129 Å². The van der Waals surface area contributed by atoms with Crippen molar-refractivity contribution in [2.24, 2.45) is 5.10 Å². The second kappa shape index (κ2) is 5.86. The molecule has 9 heteroatoms. The highest BCUT2D eigenvalue weighted by Gasteiger charge is 2.16. The first-order valence-corrected chi connectivity index (χ1v) is 6.50. The fourth-order valence-electron chi connectivity index (χ4n) is 1.83. The number of aromatic nitrogens is 1. The SMILES string of the molecule is O=[N+]([O-])c1cccnc1N/N=C\c1cc2c(cc1Cl)OCO2. The molecule has 0 saturated carbocycles. The molecule has 0 amide bonds. The van der Waals surface area contributed by atoms with E-state index in [0.717, 1.165) is 0 Å². The first-order chi connectivity index (χ1) is 10.6. The van der Waals surface area contributed by atoms with Gasteiger partial charge in [-0.25, -0.2) is 4.98 Å². The standard InChI is InChI=1S/C13H9ClN4O4/c14-9-5-12-11(21-7-22-12)4-8(9)6-16-17-13-10(18(19)20)2-1-3-15-13/h1-6H,7H2,(H,15,17)/b16-6-. The summed E-state index contributed by atoms with van der Waals surface area (Å²) in [6, 6.07) is 6.09. The molecule has 0 radical (unpaired) electrons. The maximum Gasteiger partial charge on any atom is 0.313 e. The number of fused-ring (bicyclic) bond motifs is 1. The van der Waals surface area contributed by atoms with E-state index in [1.54, 1.807) is 12.1 Å². The summed E-state index contributed by atoms with van der Waals surface area (Å²) in [5, 5.41) is 15.2. The molecule has 0 atom stereocenters. The molecule has 1 aliphatic heterocycles. The zero-order chi connectivity index (χ0) is 15.5. The maximum absolute atomic E-state index is 10.9. The predicted molar refractivity (Wildman–Crippen MR) is 79.7 cm³/mol. The number of benzene rings is 1. The lowest BCUT2D eigenvalue weighted by atomic mass is 10.2. The van der Waals surface area contributed by atoms with Gasteiger partial charge in [-0.3, -0.25) is 15.5 Å². The summed E-state index contributed by atoms with van der Waals surface area (Å²) < 4.78 is 10.4. The van der Waals surface area contributed by atoms with Crippen LogP contribution in [0, 0.1) is 10.1 Å². The highest BCUT2D eigenvalue weighted by molar-refractivity contribution is 6.33. The van der Waals surface area contributed by atoms with Gasteiger partial charge in [0, 0.05) is 23.9 Å². The highest BCUT2D eigenvalue weighted by atomic mass is 35.5. The molecule has 0 spiro atoms. The van der Waals surface area contributed by atoms with Crippen molar-refractivity contribution in [2.45, 2.75) is 0 Å². The topological polar surface area (TPSA) is 98.9 Å². The summed E-state index contributed by atoms with van der Waals surface area (Å²) in [4.78, 5) is 14.2. The Morgan fingerprint density at radius 3 is 2.95 bits per heavy atom. The first-order valence-electron chi connectivity index (χ1n) is 6.13. The summed E-state index contributed by atoms with van der Waals surface area (Å²) >= 11 is 6.09. The normalized spacial score (nSPS) is 12.6. The number of hydrogen-bond acceptors (Lipinski definition) is 7. The van der Waals surface area contributed by atoms with Crippen LogP contribution in [0.3, 0.4) is 0 Å². The molecule has 0 unspecified atom stereocenters. The van der Waals surface area contributed by atoms with Crippen LogP contribution in [-0.2, 0) is 0 Å². The van der Waals surface area contributed by atoms with Crippen LogP contribution in [0.15, 0.2) is 35.6 Å². The minimum Gasteiger partial charge on any atom is -0.454 e. The van der Waals surface area contributed by atoms with Gasteiger partial charge in [-0.05, 0) is 12.1 Å². The Balaban J connectivity index is 1.80. The summed E-state index contributed by atoms with van der Waals surface area (Å²) in [6.45, 7) is 0.143. The quantitative estimate of drug-likeness (QED) is 0.528. The van der Waals surface area contributed by atoms with Crippen molar-refractivity contribution in [1.82, 2.24) is 4.98 Å². The van der Waals surface area contributed by atoms with Gasteiger partial charge in [-0.1, -0.05) is 11.6 Å². The molecule has 1 aromatic heterocycles. The van der Waals surface area contributed by atoms with Crippen molar-refractivity contribution in [3.05, 3.63) is 51.2 Å². The third-order valence-corrected chi connectivity index (χ3v) is 3.18. The predicted octanol–water partition coefficient (Wildman–Crippen LogP) is 2.82. The second-order valence-corrected chi connectivity index (χ2v) is 4.63. The average Bonchev–Trinajstić information content (AvgIpc) is 2.94. The number of hydrazone groups is 1. The van der Waals surface area contributed by atoms with E-state index in [9.17, 15) is 10.1 Å². The Bertz CT molecular complexity index is 766. The third kappa shape index (κ3) is 2.77. The van der Waals surface area contributed by atoms with E-state index in [1.807, 2.05) is 0 Å². The number of rotatable bonds is 4. The monoisotopic (exact) mass is 320 g/mol. The van der Waals surface area contributed by atoms with Gasteiger partial charge in [0.25, 0.3) is 0 Å². The number of ether oxygens (including phenoxy) is 2. The summed E-state index contributed by atoms with van der Waals surface area (Å²) in [5.74, 6) is 1.17. The maximum atomic E-state index is 10.9. The van der Waals surface area contributed by atoms with E-state index in [-0.39, 0.29) is 18.3 Å². The number of pyridine rings is 1. The lowest BCUT2D eigenvalue weighted by Gasteiger charge is -2.02. The molecule has 3 rings (SSSR count). The Morgan fingerprint density at radius 1 is 1.41 bits per heavy atom. The van der Waals surface area contributed by atoms with E-state index < -0.39 is 4.92 Å². The lowest BCUT2D eigenvalue weighted by Crippen LogP contribution is -1.99. The molecule has 1 aromatic carbocycles. The van der Waals surface area contributed by atoms with Crippen LogP contribution in [0.2, 0.25) is 5.02 Å². The van der Waals surface area contributed by atoms with E-state index in [4.69, 9.17) is 21.1 Å². The molecule has 0 bridgehead atoms. The number of nitrogens with zero attached hydrogens (tertiary/aromatic N) is 3. The number of nitro groups is 1. The molecule has 2 heterocycles. The van der Waals surface area contributed by atoms with Gasteiger partial charge in [0.05, 0.1) is 16.2 Å². The molecular weight excluding hydrogens is 312 g/mol.